The van der Waals surface area contributed by atoms with Gasteiger partial charge in [-0.1, -0.05) is 12.1 Å². The summed E-state index contributed by atoms with van der Waals surface area (Å²) in [5, 5.41) is 10.9. The lowest BCUT2D eigenvalue weighted by molar-refractivity contribution is -0.385. The molecule has 6 heteroatoms. The molecule has 104 valence electrons. The zero-order valence-electron chi connectivity index (χ0n) is 10.6. The van der Waals surface area contributed by atoms with Gasteiger partial charge in [0, 0.05) is 18.2 Å². The van der Waals surface area contributed by atoms with E-state index in [9.17, 15) is 14.5 Å². The van der Waals surface area contributed by atoms with Gasteiger partial charge in [-0.3, -0.25) is 10.1 Å². The Morgan fingerprint density at radius 2 is 1.95 bits per heavy atom. The molecule has 0 aliphatic carbocycles. The van der Waals surface area contributed by atoms with Gasteiger partial charge in [0.15, 0.2) is 0 Å². The number of hydrogen-bond acceptors (Lipinski definition) is 4. The fourth-order valence-electron chi connectivity index (χ4n) is 1.81. The van der Waals surface area contributed by atoms with Crippen LogP contribution in [0.2, 0.25) is 0 Å². The number of benzene rings is 2. The lowest BCUT2D eigenvalue weighted by atomic mass is 10.2. The third-order valence-electron chi connectivity index (χ3n) is 2.81. The first-order valence-corrected chi connectivity index (χ1v) is 5.95. The molecular formula is C14H13FN2O3. The molecule has 2 N–H and O–H groups in total. The topological polar surface area (TPSA) is 78.4 Å². The zero-order valence-corrected chi connectivity index (χ0v) is 10.6. The smallest absolute Gasteiger partial charge is 0.276 e. The van der Waals surface area contributed by atoms with E-state index in [4.69, 9.17) is 10.5 Å². The summed E-state index contributed by atoms with van der Waals surface area (Å²) >= 11 is 0. The van der Waals surface area contributed by atoms with Gasteiger partial charge in [0.05, 0.1) is 10.5 Å². The summed E-state index contributed by atoms with van der Waals surface area (Å²) in [6.45, 7) is 0.153. The molecule has 0 radical (unpaired) electrons. The summed E-state index contributed by atoms with van der Waals surface area (Å²) in [7, 11) is 0. The lowest BCUT2D eigenvalue weighted by Gasteiger charge is -2.10. The molecular weight excluding hydrogens is 263 g/mol. The highest BCUT2D eigenvalue weighted by atomic mass is 19.1. The number of nitro benzene ring substituents is 1. The predicted octanol–water partition coefficient (Wildman–Crippen LogP) is 2.77. The Bertz CT molecular complexity index is 632. The van der Waals surface area contributed by atoms with Crippen LogP contribution in [0.25, 0.3) is 0 Å². The third kappa shape index (κ3) is 3.10. The van der Waals surface area contributed by atoms with Gasteiger partial charge in [-0.15, -0.1) is 0 Å². The fourth-order valence-corrected chi connectivity index (χ4v) is 1.81. The van der Waals surface area contributed by atoms with E-state index in [1.54, 1.807) is 18.2 Å². The van der Waals surface area contributed by atoms with Gasteiger partial charge >= 0.3 is 0 Å². The maximum Gasteiger partial charge on any atom is 0.276 e. The fraction of sp³-hybridized carbons (Fsp3) is 0.143. The highest BCUT2D eigenvalue weighted by Gasteiger charge is 2.13. The highest BCUT2D eigenvalue weighted by molar-refractivity contribution is 5.40. The number of nitrogens with zero attached hydrogens (tertiary/aromatic N) is 1. The van der Waals surface area contributed by atoms with Gasteiger partial charge in [0.25, 0.3) is 5.69 Å². The normalized spacial score (nSPS) is 10.3. The van der Waals surface area contributed by atoms with Crippen molar-refractivity contribution in [3.63, 3.8) is 0 Å². The molecule has 0 aliphatic heterocycles. The van der Waals surface area contributed by atoms with E-state index in [-0.39, 0.29) is 18.8 Å². The summed E-state index contributed by atoms with van der Waals surface area (Å²) in [4.78, 5) is 10.4. The predicted molar refractivity (Wildman–Crippen MR) is 71.7 cm³/mol. The van der Waals surface area contributed by atoms with Crippen molar-refractivity contribution in [1.29, 1.82) is 0 Å². The Morgan fingerprint density at radius 3 is 2.65 bits per heavy atom. The summed E-state index contributed by atoms with van der Waals surface area (Å²) in [6.07, 6.45) is 0. The van der Waals surface area contributed by atoms with Crippen molar-refractivity contribution < 1.29 is 14.1 Å². The minimum atomic E-state index is -0.465. The van der Waals surface area contributed by atoms with E-state index in [0.29, 0.717) is 16.9 Å². The van der Waals surface area contributed by atoms with Crippen LogP contribution in [0.4, 0.5) is 10.1 Å². The summed E-state index contributed by atoms with van der Waals surface area (Å²) in [6, 6.07) is 10.3. The molecule has 0 unspecified atom stereocenters. The molecule has 0 atom stereocenters. The Labute approximate surface area is 114 Å². The van der Waals surface area contributed by atoms with Crippen molar-refractivity contribution in [2.24, 2.45) is 5.73 Å². The van der Waals surface area contributed by atoms with Crippen LogP contribution in [0.15, 0.2) is 42.5 Å². The molecule has 0 fully saturated rings. The van der Waals surface area contributed by atoms with Crippen LogP contribution in [-0.4, -0.2) is 4.92 Å². The number of halogens is 1. The second-order valence-corrected chi connectivity index (χ2v) is 4.13. The van der Waals surface area contributed by atoms with Crippen LogP contribution >= 0.6 is 0 Å². The number of rotatable bonds is 5. The molecule has 2 aromatic rings. The first-order valence-electron chi connectivity index (χ1n) is 5.95. The van der Waals surface area contributed by atoms with Crippen molar-refractivity contribution >= 4 is 5.69 Å². The minimum absolute atomic E-state index is 0.0103. The first kappa shape index (κ1) is 14.0. The van der Waals surface area contributed by atoms with Crippen molar-refractivity contribution in [2.45, 2.75) is 13.2 Å². The van der Waals surface area contributed by atoms with Crippen LogP contribution in [0, 0.1) is 15.9 Å². The maximum absolute atomic E-state index is 13.1. The number of para-hydroxylation sites is 1. The van der Waals surface area contributed by atoms with Gasteiger partial charge in [-0.25, -0.2) is 4.39 Å². The third-order valence-corrected chi connectivity index (χ3v) is 2.81. The highest BCUT2D eigenvalue weighted by Crippen LogP contribution is 2.23. The Hall–Kier alpha value is -2.47. The SMILES string of the molecule is NCc1cc(F)ccc1OCc1ccccc1[N+](=O)[O-]. The standard InChI is InChI=1S/C14H13FN2O3/c15-12-5-6-14(11(7-12)8-16)20-9-10-3-1-2-4-13(10)17(18)19/h1-7H,8-9,16H2. The van der Waals surface area contributed by atoms with Gasteiger partial charge in [-0.05, 0) is 24.3 Å². The van der Waals surface area contributed by atoms with Gasteiger partial charge in [0.1, 0.15) is 18.2 Å². The van der Waals surface area contributed by atoms with E-state index in [2.05, 4.69) is 0 Å². The minimum Gasteiger partial charge on any atom is -0.488 e. The molecule has 0 bridgehead atoms. The van der Waals surface area contributed by atoms with Gasteiger partial charge in [-0.2, -0.15) is 0 Å². The van der Waals surface area contributed by atoms with E-state index in [0.717, 1.165) is 0 Å². The van der Waals surface area contributed by atoms with Crippen LogP contribution in [0.5, 0.6) is 5.75 Å². The summed E-state index contributed by atoms with van der Waals surface area (Å²) in [5.74, 6) is 0.0237. The van der Waals surface area contributed by atoms with E-state index in [1.165, 1.54) is 24.3 Å². The molecule has 0 saturated carbocycles. The first-order chi connectivity index (χ1) is 9.61. The summed E-state index contributed by atoms with van der Waals surface area (Å²) < 4.78 is 18.6. The average molecular weight is 276 g/mol. The van der Waals surface area contributed by atoms with Crippen molar-refractivity contribution in [3.8, 4) is 5.75 Å². The van der Waals surface area contributed by atoms with Gasteiger partial charge in [0.2, 0.25) is 0 Å². The van der Waals surface area contributed by atoms with Crippen LogP contribution in [0.3, 0.4) is 0 Å². The van der Waals surface area contributed by atoms with Crippen LogP contribution < -0.4 is 10.5 Å². The maximum atomic E-state index is 13.1. The molecule has 0 saturated heterocycles. The molecule has 0 amide bonds. The molecule has 20 heavy (non-hydrogen) atoms. The van der Waals surface area contributed by atoms with Crippen molar-refractivity contribution in [2.75, 3.05) is 0 Å². The molecule has 2 aromatic carbocycles. The van der Waals surface area contributed by atoms with E-state index < -0.39 is 10.7 Å². The Kier molecular flexibility index (Phi) is 4.27. The van der Waals surface area contributed by atoms with Crippen LogP contribution in [0.1, 0.15) is 11.1 Å². The number of nitrogens with two attached hydrogens (primary N) is 1. The molecule has 5 nitrogen and oxygen atoms in total. The summed E-state index contributed by atoms with van der Waals surface area (Å²) in [5.41, 5.74) is 6.47. The second kappa shape index (κ2) is 6.12. The average Bonchev–Trinajstić information content (AvgIpc) is 2.46. The molecule has 0 heterocycles. The number of nitro groups is 1. The quantitative estimate of drug-likeness (QED) is 0.672. The van der Waals surface area contributed by atoms with Crippen LogP contribution in [-0.2, 0) is 13.2 Å². The Balaban J connectivity index is 2.19. The molecule has 2 rings (SSSR count). The van der Waals surface area contributed by atoms with E-state index >= 15 is 0 Å². The molecule has 0 aliphatic rings. The number of ether oxygens (including phenoxy) is 1. The van der Waals surface area contributed by atoms with Gasteiger partial charge < -0.3 is 10.5 Å². The van der Waals surface area contributed by atoms with E-state index in [1.807, 2.05) is 0 Å². The molecule has 0 spiro atoms. The number of hydrogen-bond donors (Lipinski definition) is 1. The lowest BCUT2D eigenvalue weighted by Crippen LogP contribution is -2.04. The Morgan fingerprint density at radius 1 is 1.20 bits per heavy atom. The van der Waals surface area contributed by atoms with Crippen molar-refractivity contribution in [1.82, 2.24) is 0 Å². The monoisotopic (exact) mass is 276 g/mol. The zero-order chi connectivity index (χ0) is 14.5. The molecule has 0 aromatic heterocycles. The second-order valence-electron chi connectivity index (χ2n) is 4.13. The largest absolute Gasteiger partial charge is 0.488 e. The van der Waals surface area contributed by atoms with Crippen molar-refractivity contribution in [3.05, 3.63) is 69.5 Å².